The fourth-order valence-electron chi connectivity index (χ4n) is 1.16. The van der Waals surface area contributed by atoms with Crippen molar-refractivity contribution in [2.75, 3.05) is 7.05 Å². The molecule has 4 nitrogen and oxygen atoms in total. The Morgan fingerprint density at radius 1 is 1.62 bits per heavy atom. The molecule has 0 aromatic carbocycles. The van der Waals surface area contributed by atoms with Gasteiger partial charge in [0, 0.05) is 13.2 Å². The Labute approximate surface area is 74.6 Å². The molecule has 0 aliphatic carbocycles. The number of hydrogen-bond acceptors (Lipinski definition) is 3. The highest BCUT2D eigenvalue weighted by Gasteiger charge is 2.12. The van der Waals surface area contributed by atoms with Gasteiger partial charge in [-0.05, 0) is 12.1 Å². The van der Waals surface area contributed by atoms with Crippen LogP contribution in [0.1, 0.15) is 10.4 Å². The summed E-state index contributed by atoms with van der Waals surface area (Å²) in [5, 5.41) is 2.52. The summed E-state index contributed by atoms with van der Waals surface area (Å²) in [5.74, 6) is -0.183. The number of nitrogens with zero attached hydrogens (tertiary/aromatic N) is 1. The summed E-state index contributed by atoms with van der Waals surface area (Å²) in [7, 11) is 1.57. The van der Waals surface area contributed by atoms with E-state index in [-0.39, 0.29) is 5.91 Å². The monoisotopic (exact) mass is 176 g/mol. The van der Waals surface area contributed by atoms with E-state index in [0.29, 0.717) is 16.7 Å². The molecular weight excluding hydrogens is 168 g/mol. The second-order valence-corrected chi connectivity index (χ2v) is 2.58. The lowest BCUT2D eigenvalue weighted by Gasteiger charge is -1.93. The summed E-state index contributed by atoms with van der Waals surface area (Å²) in [6.45, 7) is 0. The van der Waals surface area contributed by atoms with Crippen molar-refractivity contribution < 1.29 is 9.21 Å². The van der Waals surface area contributed by atoms with Crippen molar-refractivity contribution >= 4 is 17.0 Å². The van der Waals surface area contributed by atoms with Crippen molar-refractivity contribution in [2.45, 2.75) is 0 Å². The minimum Gasteiger partial charge on any atom is -0.462 e. The number of pyridine rings is 1. The van der Waals surface area contributed by atoms with E-state index in [1.807, 2.05) is 0 Å². The Bertz CT molecular complexity index is 448. The number of amides is 1. The van der Waals surface area contributed by atoms with Crippen molar-refractivity contribution in [3.63, 3.8) is 0 Å². The Morgan fingerprint density at radius 2 is 2.46 bits per heavy atom. The SMILES string of the molecule is CNC(=O)c1coc2cccnc12. The van der Waals surface area contributed by atoms with Gasteiger partial charge in [-0.25, -0.2) is 0 Å². The highest BCUT2D eigenvalue weighted by molar-refractivity contribution is 6.04. The highest BCUT2D eigenvalue weighted by atomic mass is 16.3. The fraction of sp³-hybridized carbons (Fsp3) is 0.111. The molecule has 0 bridgehead atoms. The largest absolute Gasteiger partial charge is 0.462 e. The van der Waals surface area contributed by atoms with Crippen LogP contribution in [0.25, 0.3) is 11.1 Å². The Morgan fingerprint density at radius 3 is 3.23 bits per heavy atom. The number of aromatic nitrogens is 1. The van der Waals surface area contributed by atoms with Crippen LogP contribution in [0.2, 0.25) is 0 Å². The minimum atomic E-state index is -0.183. The van der Waals surface area contributed by atoms with Gasteiger partial charge in [-0.2, -0.15) is 0 Å². The molecule has 0 aliphatic heterocycles. The van der Waals surface area contributed by atoms with Gasteiger partial charge in [0.1, 0.15) is 17.3 Å². The molecule has 4 heteroatoms. The average molecular weight is 176 g/mol. The second-order valence-electron chi connectivity index (χ2n) is 2.58. The number of furan rings is 1. The molecule has 66 valence electrons. The summed E-state index contributed by atoms with van der Waals surface area (Å²) in [4.78, 5) is 15.3. The first-order chi connectivity index (χ1) is 6.33. The zero-order valence-corrected chi connectivity index (χ0v) is 7.07. The summed E-state index contributed by atoms with van der Waals surface area (Å²) in [5.41, 5.74) is 1.70. The van der Waals surface area contributed by atoms with Gasteiger partial charge < -0.3 is 9.73 Å². The molecule has 2 rings (SSSR count). The fourth-order valence-corrected chi connectivity index (χ4v) is 1.16. The van der Waals surface area contributed by atoms with Crippen molar-refractivity contribution in [2.24, 2.45) is 0 Å². The van der Waals surface area contributed by atoms with Crippen LogP contribution in [-0.2, 0) is 0 Å². The summed E-state index contributed by atoms with van der Waals surface area (Å²) in [6, 6.07) is 3.54. The lowest BCUT2D eigenvalue weighted by atomic mass is 10.2. The Balaban J connectivity index is 2.64. The quantitative estimate of drug-likeness (QED) is 0.710. The molecule has 0 aliphatic rings. The number of carbonyl (C=O) groups is 1. The third kappa shape index (κ3) is 1.16. The molecular formula is C9H8N2O2. The summed E-state index contributed by atoms with van der Waals surface area (Å²) >= 11 is 0. The molecule has 0 spiro atoms. The molecule has 13 heavy (non-hydrogen) atoms. The second kappa shape index (κ2) is 2.90. The van der Waals surface area contributed by atoms with Crippen LogP contribution >= 0.6 is 0 Å². The molecule has 0 saturated heterocycles. The molecule has 2 heterocycles. The van der Waals surface area contributed by atoms with Gasteiger partial charge >= 0.3 is 0 Å². The van der Waals surface area contributed by atoms with Gasteiger partial charge in [0.25, 0.3) is 5.91 Å². The number of hydrogen-bond donors (Lipinski definition) is 1. The van der Waals surface area contributed by atoms with Crippen LogP contribution in [-0.4, -0.2) is 17.9 Å². The van der Waals surface area contributed by atoms with E-state index in [9.17, 15) is 4.79 Å². The lowest BCUT2D eigenvalue weighted by Crippen LogP contribution is -2.17. The molecule has 2 aromatic heterocycles. The predicted octanol–water partition coefficient (Wildman–Crippen LogP) is 1.19. The van der Waals surface area contributed by atoms with Crippen LogP contribution in [0.4, 0.5) is 0 Å². The first kappa shape index (κ1) is 7.79. The number of rotatable bonds is 1. The van der Waals surface area contributed by atoms with E-state index in [2.05, 4.69) is 10.3 Å². The minimum absolute atomic E-state index is 0.183. The van der Waals surface area contributed by atoms with Crippen LogP contribution in [0, 0.1) is 0 Å². The zero-order valence-electron chi connectivity index (χ0n) is 7.07. The normalized spacial score (nSPS) is 10.2. The molecule has 0 radical (unpaired) electrons. The topological polar surface area (TPSA) is 55.1 Å². The molecule has 1 amide bonds. The Hall–Kier alpha value is -1.84. The van der Waals surface area contributed by atoms with Crippen molar-refractivity contribution in [1.82, 2.24) is 10.3 Å². The Kier molecular flexibility index (Phi) is 1.73. The molecule has 0 unspecified atom stereocenters. The van der Waals surface area contributed by atoms with Crippen molar-refractivity contribution in [3.8, 4) is 0 Å². The third-order valence-corrected chi connectivity index (χ3v) is 1.80. The smallest absolute Gasteiger partial charge is 0.256 e. The van der Waals surface area contributed by atoms with E-state index < -0.39 is 0 Å². The maximum absolute atomic E-state index is 11.3. The van der Waals surface area contributed by atoms with Crippen LogP contribution in [0.5, 0.6) is 0 Å². The van der Waals surface area contributed by atoms with E-state index >= 15 is 0 Å². The van der Waals surface area contributed by atoms with E-state index in [4.69, 9.17) is 4.42 Å². The van der Waals surface area contributed by atoms with E-state index in [1.165, 1.54) is 6.26 Å². The average Bonchev–Trinajstić information content (AvgIpc) is 2.60. The molecule has 2 aromatic rings. The number of nitrogens with one attached hydrogen (secondary N) is 1. The van der Waals surface area contributed by atoms with Gasteiger partial charge in [0.2, 0.25) is 0 Å². The predicted molar refractivity (Wildman–Crippen MR) is 47.4 cm³/mol. The number of fused-ring (bicyclic) bond motifs is 1. The lowest BCUT2D eigenvalue weighted by molar-refractivity contribution is 0.0963. The standard InChI is InChI=1S/C9H8N2O2/c1-10-9(12)6-5-13-7-3-2-4-11-8(6)7/h2-5H,1H3,(H,10,12). The van der Waals surface area contributed by atoms with Gasteiger partial charge in [0.05, 0.1) is 0 Å². The van der Waals surface area contributed by atoms with Crippen LogP contribution in [0.15, 0.2) is 29.0 Å². The van der Waals surface area contributed by atoms with E-state index in [0.717, 1.165) is 0 Å². The van der Waals surface area contributed by atoms with Crippen molar-refractivity contribution in [1.29, 1.82) is 0 Å². The molecule has 1 N–H and O–H groups in total. The van der Waals surface area contributed by atoms with Crippen LogP contribution < -0.4 is 5.32 Å². The molecule has 0 fully saturated rings. The first-order valence-electron chi connectivity index (χ1n) is 3.87. The zero-order chi connectivity index (χ0) is 9.26. The molecule has 0 saturated carbocycles. The number of carbonyl (C=O) groups excluding carboxylic acids is 1. The maximum atomic E-state index is 11.3. The van der Waals surface area contributed by atoms with Gasteiger partial charge in [-0.1, -0.05) is 0 Å². The first-order valence-corrected chi connectivity index (χ1v) is 3.87. The van der Waals surface area contributed by atoms with Gasteiger partial charge in [0.15, 0.2) is 5.58 Å². The van der Waals surface area contributed by atoms with Crippen molar-refractivity contribution in [3.05, 3.63) is 30.2 Å². The van der Waals surface area contributed by atoms with E-state index in [1.54, 1.807) is 25.4 Å². The van der Waals surface area contributed by atoms with Gasteiger partial charge in [-0.15, -0.1) is 0 Å². The highest BCUT2D eigenvalue weighted by Crippen LogP contribution is 2.17. The molecule has 0 atom stereocenters. The van der Waals surface area contributed by atoms with Crippen LogP contribution in [0.3, 0.4) is 0 Å². The van der Waals surface area contributed by atoms with Gasteiger partial charge in [-0.3, -0.25) is 9.78 Å². The summed E-state index contributed by atoms with van der Waals surface area (Å²) < 4.78 is 5.15. The maximum Gasteiger partial charge on any atom is 0.256 e. The third-order valence-electron chi connectivity index (χ3n) is 1.80. The summed E-state index contributed by atoms with van der Waals surface area (Å²) in [6.07, 6.45) is 3.04.